The molecule has 0 aliphatic carbocycles. The third-order valence-corrected chi connectivity index (χ3v) is 2.55. The summed E-state index contributed by atoms with van der Waals surface area (Å²) in [7, 11) is 0. The number of nitrogens with zero attached hydrogens (tertiary/aromatic N) is 1. The number of rotatable bonds is 2. The number of hydrogen-bond acceptors (Lipinski definition) is 4. The Morgan fingerprint density at radius 1 is 1.38 bits per heavy atom. The molecule has 0 spiro atoms. The first-order valence-corrected chi connectivity index (χ1v) is 5.12. The van der Waals surface area contributed by atoms with E-state index in [1.807, 2.05) is 6.92 Å². The van der Waals surface area contributed by atoms with Gasteiger partial charge < -0.3 is 15.4 Å². The maximum Gasteiger partial charge on any atom is 0.310 e. The van der Waals surface area contributed by atoms with Gasteiger partial charge >= 0.3 is 11.8 Å². The molecule has 1 saturated heterocycles. The van der Waals surface area contributed by atoms with E-state index in [1.165, 1.54) is 0 Å². The summed E-state index contributed by atoms with van der Waals surface area (Å²) in [6, 6.07) is 1.73. The fourth-order valence-electron chi connectivity index (χ4n) is 1.48. The van der Waals surface area contributed by atoms with Gasteiger partial charge in [0.1, 0.15) is 6.54 Å². The van der Waals surface area contributed by atoms with Crippen molar-refractivity contribution in [1.82, 2.24) is 10.6 Å². The van der Waals surface area contributed by atoms with E-state index < -0.39 is 11.8 Å². The molecule has 2 N–H and O–H groups in total. The van der Waals surface area contributed by atoms with Gasteiger partial charge in [0.25, 0.3) is 0 Å². The van der Waals surface area contributed by atoms with Crippen LogP contribution in [0.3, 0.4) is 0 Å². The van der Waals surface area contributed by atoms with Gasteiger partial charge in [-0.15, -0.1) is 0 Å². The van der Waals surface area contributed by atoms with E-state index in [-0.39, 0.29) is 12.1 Å². The third kappa shape index (κ3) is 3.51. The van der Waals surface area contributed by atoms with Crippen molar-refractivity contribution >= 4 is 11.8 Å². The predicted molar refractivity (Wildman–Crippen MR) is 55.2 cm³/mol. The molecule has 1 fully saturated rings. The van der Waals surface area contributed by atoms with Gasteiger partial charge in [0.05, 0.1) is 6.07 Å². The van der Waals surface area contributed by atoms with Crippen molar-refractivity contribution in [1.29, 1.82) is 5.26 Å². The van der Waals surface area contributed by atoms with Crippen LogP contribution in [0, 0.1) is 11.3 Å². The minimum Gasteiger partial charge on any atom is -0.381 e. The Balaban J connectivity index is 2.43. The third-order valence-electron chi connectivity index (χ3n) is 2.55. The summed E-state index contributed by atoms with van der Waals surface area (Å²) in [6.07, 6.45) is 1.37. The molecule has 6 heteroatoms. The van der Waals surface area contributed by atoms with Crippen LogP contribution in [0.2, 0.25) is 0 Å². The molecule has 1 heterocycles. The highest BCUT2D eigenvalue weighted by Crippen LogP contribution is 2.19. The smallest absolute Gasteiger partial charge is 0.310 e. The van der Waals surface area contributed by atoms with Crippen LogP contribution in [-0.2, 0) is 14.3 Å². The number of nitrogens with one attached hydrogen (secondary N) is 2. The maximum atomic E-state index is 11.4. The number of amides is 2. The zero-order valence-electron chi connectivity index (χ0n) is 9.21. The van der Waals surface area contributed by atoms with Crippen molar-refractivity contribution < 1.29 is 14.3 Å². The second-order valence-electron chi connectivity index (χ2n) is 3.97. The average Bonchev–Trinajstić information content (AvgIpc) is 2.26. The first kappa shape index (κ1) is 12.5. The Morgan fingerprint density at radius 3 is 2.56 bits per heavy atom. The Labute approximate surface area is 93.9 Å². The van der Waals surface area contributed by atoms with Crippen molar-refractivity contribution in [3.63, 3.8) is 0 Å². The van der Waals surface area contributed by atoms with Crippen LogP contribution in [0.15, 0.2) is 0 Å². The van der Waals surface area contributed by atoms with Gasteiger partial charge in [-0.2, -0.15) is 5.26 Å². The molecule has 2 amide bonds. The second-order valence-corrected chi connectivity index (χ2v) is 3.97. The highest BCUT2D eigenvalue weighted by Gasteiger charge is 2.30. The molecular weight excluding hydrogens is 210 g/mol. The van der Waals surface area contributed by atoms with Gasteiger partial charge in [-0.3, -0.25) is 9.59 Å². The number of carbonyl (C=O) groups is 2. The molecule has 0 bridgehead atoms. The lowest BCUT2D eigenvalue weighted by Gasteiger charge is -2.34. The number of carbonyl (C=O) groups excluding carboxylic acids is 2. The molecule has 0 aromatic rings. The van der Waals surface area contributed by atoms with Crippen LogP contribution in [0.4, 0.5) is 0 Å². The molecule has 1 aliphatic rings. The number of nitriles is 1. The van der Waals surface area contributed by atoms with Crippen molar-refractivity contribution in [2.45, 2.75) is 25.3 Å². The molecule has 1 aliphatic heterocycles. The van der Waals surface area contributed by atoms with Crippen molar-refractivity contribution in [3.8, 4) is 6.07 Å². The van der Waals surface area contributed by atoms with E-state index in [0.717, 1.165) is 0 Å². The fraction of sp³-hybridized carbons (Fsp3) is 0.700. The predicted octanol–water partition coefficient (Wildman–Crippen LogP) is -0.689. The molecule has 0 unspecified atom stereocenters. The SMILES string of the molecule is CC1(NC(=O)C(=O)NCC#N)CCOCC1. The van der Waals surface area contributed by atoms with Gasteiger partial charge in [-0.05, 0) is 19.8 Å². The van der Waals surface area contributed by atoms with Gasteiger partial charge in [0, 0.05) is 18.8 Å². The van der Waals surface area contributed by atoms with Crippen LogP contribution in [0.5, 0.6) is 0 Å². The zero-order chi connectivity index (χ0) is 12.0. The molecule has 16 heavy (non-hydrogen) atoms. The van der Waals surface area contributed by atoms with Crippen LogP contribution < -0.4 is 10.6 Å². The van der Waals surface area contributed by atoms with E-state index >= 15 is 0 Å². The molecule has 0 atom stereocenters. The normalized spacial score (nSPS) is 18.2. The zero-order valence-corrected chi connectivity index (χ0v) is 9.21. The average molecular weight is 225 g/mol. The van der Waals surface area contributed by atoms with Gasteiger partial charge in [0.2, 0.25) is 0 Å². The lowest BCUT2D eigenvalue weighted by atomic mass is 9.92. The second kappa shape index (κ2) is 5.47. The van der Waals surface area contributed by atoms with Crippen LogP contribution in [0.1, 0.15) is 19.8 Å². The minimum absolute atomic E-state index is 0.161. The van der Waals surface area contributed by atoms with Gasteiger partial charge in [-0.1, -0.05) is 0 Å². The van der Waals surface area contributed by atoms with Crippen molar-refractivity contribution in [2.75, 3.05) is 19.8 Å². The van der Waals surface area contributed by atoms with E-state index in [9.17, 15) is 9.59 Å². The summed E-state index contributed by atoms with van der Waals surface area (Å²) in [5.74, 6) is -1.46. The Bertz CT molecular complexity index is 316. The first-order chi connectivity index (χ1) is 7.57. The molecule has 0 saturated carbocycles. The Kier molecular flexibility index (Phi) is 4.26. The molecule has 6 nitrogen and oxygen atoms in total. The number of ether oxygens (including phenoxy) is 1. The van der Waals surface area contributed by atoms with E-state index in [4.69, 9.17) is 10.00 Å². The van der Waals surface area contributed by atoms with E-state index in [1.54, 1.807) is 6.07 Å². The molecule has 0 aromatic heterocycles. The van der Waals surface area contributed by atoms with Crippen molar-refractivity contribution in [2.24, 2.45) is 0 Å². The molecule has 0 radical (unpaired) electrons. The summed E-state index contributed by atoms with van der Waals surface area (Å²) in [4.78, 5) is 22.7. The summed E-state index contributed by atoms with van der Waals surface area (Å²) >= 11 is 0. The molecular formula is C10H15N3O3. The summed E-state index contributed by atoms with van der Waals surface area (Å²) in [5, 5.41) is 13.1. The maximum absolute atomic E-state index is 11.4. The Hall–Kier alpha value is -1.61. The van der Waals surface area contributed by atoms with E-state index in [0.29, 0.717) is 26.1 Å². The monoisotopic (exact) mass is 225 g/mol. The highest BCUT2D eigenvalue weighted by atomic mass is 16.5. The number of hydrogen-bond donors (Lipinski definition) is 2. The highest BCUT2D eigenvalue weighted by molar-refractivity contribution is 6.35. The summed E-state index contributed by atoms with van der Waals surface area (Å²) < 4.78 is 5.18. The lowest BCUT2D eigenvalue weighted by molar-refractivity contribution is -0.140. The quantitative estimate of drug-likeness (QED) is 0.480. The van der Waals surface area contributed by atoms with Crippen LogP contribution in [0.25, 0.3) is 0 Å². The topological polar surface area (TPSA) is 91.2 Å². The van der Waals surface area contributed by atoms with Crippen LogP contribution in [-0.4, -0.2) is 37.1 Å². The van der Waals surface area contributed by atoms with Crippen molar-refractivity contribution in [3.05, 3.63) is 0 Å². The van der Waals surface area contributed by atoms with E-state index in [2.05, 4.69) is 10.6 Å². The summed E-state index contributed by atoms with van der Waals surface area (Å²) in [5.41, 5.74) is -0.390. The molecule has 1 rings (SSSR count). The molecule has 0 aromatic carbocycles. The van der Waals surface area contributed by atoms with Gasteiger partial charge in [-0.25, -0.2) is 0 Å². The van der Waals surface area contributed by atoms with Gasteiger partial charge in [0.15, 0.2) is 0 Å². The Morgan fingerprint density at radius 2 is 2.00 bits per heavy atom. The largest absolute Gasteiger partial charge is 0.381 e. The fourth-order valence-corrected chi connectivity index (χ4v) is 1.48. The first-order valence-electron chi connectivity index (χ1n) is 5.12. The minimum atomic E-state index is -0.769. The standard InChI is InChI=1S/C10H15N3O3/c1-10(2-6-16-7-3-10)13-9(15)8(14)12-5-4-11/h2-3,5-7H2,1H3,(H,12,14)(H,13,15). The molecule has 88 valence electrons. The lowest BCUT2D eigenvalue weighted by Crippen LogP contribution is -2.53. The summed E-state index contributed by atoms with van der Waals surface area (Å²) in [6.45, 7) is 2.88. The van der Waals surface area contributed by atoms with Crippen LogP contribution >= 0.6 is 0 Å².